The highest BCUT2D eigenvalue weighted by molar-refractivity contribution is 6.63. The molecule has 0 spiro atoms. The van der Waals surface area contributed by atoms with E-state index < -0.39 is 20.6 Å². The zero-order chi connectivity index (χ0) is 9.78. The molecule has 0 aromatic rings. The van der Waals surface area contributed by atoms with Crippen LogP contribution in [0.3, 0.4) is 0 Å². The van der Waals surface area contributed by atoms with Crippen LogP contribution in [0.5, 0.6) is 0 Å². The lowest BCUT2D eigenvalue weighted by molar-refractivity contribution is -0.141. The van der Waals surface area contributed by atoms with Crippen molar-refractivity contribution in [2.45, 2.75) is 23.1 Å². The number of methoxy groups -OCH3 is 1. The Morgan fingerprint density at radius 2 is 1.58 bits per heavy atom. The lowest BCUT2D eigenvalue weighted by atomic mass is 10.1. The first-order chi connectivity index (χ1) is 5.23. The van der Waals surface area contributed by atoms with Crippen molar-refractivity contribution in [2.75, 3.05) is 7.11 Å². The summed E-state index contributed by atoms with van der Waals surface area (Å²) in [4.78, 5) is 9.90. The minimum atomic E-state index is -1.31. The molecular weight excluding hydrogens is 222 g/mol. The fraction of sp³-hybridized carbons (Fsp3) is 0.857. The molecule has 1 aliphatic carbocycles. The third-order valence-corrected chi connectivity index (χ3v) is 5.10. The van der Waals surface area contributed by atoms with E-state index in [9.17, 15) is 4.79 Å². The van der Waals surface area contributed by atoms with Gasteiger partial charge in [-0.05, 0) is 0 Å². The lowest BCUT2D eigenvalue weighted by Crippen LogP contribution is -2.25. The highest BCUT2D eigenvalue weighted by Gasteiger charge is 2.86. The molecular formula is C7H9Cl3O2. The van der Waals surface area contributed by atoms with Crippen LogP contribution in [0.2, 0.25) is 0 Å². The highest BCUT2D eigenvalue weighted by Crippen LogP contribution is 2.75. The fourth-order valence-electron chi connectivity index (χ4n) is 1.24. The van der Waals surface area contributed by atoms with Gasteiger partial charge in [-0.25, -0.2) is 0 Å². The molecule has 5 heteroatoms. The van der Waals surface area contributed by atoms with E-state index >= 15 is 0 Å². The van der Waals surface area contributed by atoms with Crippen LogP contribution in [0, 0.1) is 5.41 Å². The Kier molecular flexibility index (Phi) is 2.11. The van der Waals surface area contributed by atoms with Crippen molar-refractivity contribution < 1.29 is 9.53 Å². The number of hydrogen-bond donors (Lipinski definition) is 0. The van der Waals surface area contributed by atoms with Crippen LogP contribution in [0.25, 0.3) is 0 Å². The normalized spacial score (nSPS) is 35.8. The predicted molar refractivity (Wildman–Crippen MR) is 48.8 cm³/mol. The molecule has 1 fully saturated rings. The molecule has 0 aromatic heterocycles. The quantitative estimate of drug-likeness (QED) is 0.511. The standard InChI is InChI=1S/C7H9Cl3O2/c1-5(2)6(8,4(11)12-3)7(5,9)10/h1-3H3. The van der Waals surface area contributed by atoms with Crippen LogP contribution in [0.4, 0.5) is 0 Å². The predicted octanol–water partition coefficient (Wildman–Crippen LogP) is 2.35. The molecule has 0 saturated heterocycles. The molecule has 1 aliphatic rings. The van der Waals surface area contributed by atoms with Gasteiger partial charge in [0, 0.05) is 5.41 Å². The molecule has 1 saturated carbocycles. The fourth-order valence-corrected chi connectivity index (χ4v) is 2.56. The smallest absolute Gasteiger partial charge is 0.330 e. The van der Waals surface area contributed by atoms with Gasteiger partial charge in [-0.3, -0.25) is 4.79 Å². The van der Waals surface area contributed by atoms with Gasteiger partial charge in [-0.2, -0.15) is 0 Å². The molecule has 1 rings (SSSR count). The summed E-state index contributed by atoms with van der Waals surface area (Å²) in [6.45, 7) is 3.44. The van der Waals surface area contributed by atoms with E-state index in [0.717, 1.165) is 0 Å². The Bertz CT molecular complexity index is 221. The van der Waals surface area contributed by atoms with Crippen molar-refractivity contribution in [3.63, 3.8) is 0 Å². The number of alkyl halides is 3. The third-order valence-electron chi connectivity index (χ3n) is 2.48. The maximum absolute atomic E-state index is 11.2. The Hall–Kier alpha value is 0.340. The van der Waals surface area contributed by atoms with Crippen molar-refractivity contribution in [3.05, 3.63) is 0 Å². The van der Waals surface area contributed by atoms with Crippen LogP contribution in [-0.2, 0) is 9.53 Å². The van der Waals surface area contributed by atoms with Crippen molar-refractivity contribution >= 4 is 40.8 Å². The van der Waals surface area contributed by atoms with E-state index in [1.807, 2.05) is 0 Å². The number of rotatable bonds is 1. The molecule has 2 nitrogen and oxygen atoms in total. The maximum atomic E-state index is 11.2. The monoisotopic (exact) mass is 230 g/mol. The van der Waals surface area contributed by atoms with Crippen LogP contribution in [0.15, 0.2) is 0 Å². The van der Waals surface area contributed by atoms with E-state index in [1.165, 1.54) is 7.11 Å². The first-order valence-corrected chi connectivity index (χ1v) is 4.52. The van der Waals surface area contributed by atoms with Gasteiger partial charge in [0.1, 0.15) is 0 Å². The van der Waals surface area contributed by atoms with Crippen LogP contribution in [0.1, 0.15) is 13.8 Å². The molecule has 0 radical (unpaired) electrons. The summed E-state index contributed by atoms with van der Waals surface area (Å²) in [6.07, 6.45) is 0. The van der Waals surface area contributed by atoms with Crippen molar-refractivity contribution in [3.8, 4) is 0 Å². The summed E-state index contributed by atoms with van der Waals surface area (Å²) >= 11 is 17.6. The summed E-state index contributed by atoms with van der Waals surface area (Å²) in [5.41, 5.74) is -0.655. The van der Waals surface area contributed by atoms with Crippen molar-refractivity contribution in [1.82, 2.24) is 0 Å². The molecule has 1 unspecified atom stereocenters. The number of hydrogen-bond acceptors (Lipinski definition) is 2. The number of ether oxygens (including phenoxy) is 1. The summed E-state index contributed by atoms with van der Waals surface area (Å²) in [5.74, 6) is -0.584. The molecule has 70 valence electrons. The van der Waals surface area contributed by atoms with Gasteiger partial charge in [0.2, 0.25) is 0 Å². The van der Waals surface area contributed by atoms with Crippen molar-refractivity contribution in [2.24, 2.45) is 5.41 Å². The number of carbonyl (C=O) groups excluding carboxylic acids is 1. The second-order valence-electron chi connectivity index (χ2n) is 3.35. The zero-order valence-corrected chi connectivity index (χ0v) is 9.22. The van der Waals surface area contributed by atoms with Gasteiger partial charge in [0.25, 0.3) is 0 Å². The molecule has 0 amide bonds. The van der Waals surface area contributed by atoms with E-state index in [2.05, 4.69) is 4.74 Å². The van der Waals surface area contributed by atoms with Gasteiger partial charge in [-0.15, -0.1) is 11.6 Å². The Morgan fingerprint density at radius 3 is 1.67 bits per heavy atom. The van der Waals surface area contributed by atoms with Crippen LogP contribution in [-0.4, -0.2) is 22.3 Å². The second kappa shape index (κ2) is 2.43. The highest BCUT2D eigenvalue weighted by atomic mass is 35.5. The third kappa shape index (κ3) is 0.811. The van der Waals surface area contributed by atoms with Gasteiger partial charge in [0.05, 0.1) is 7.11 Å². The van der Waals surface area contributed by atoms with E-state index in [-0.39, 0.29) is 0 Å². The van der Waals surface area contributed by atoms with Gasteiger partial charge in [-0.1, -0.05) is 37.0 Å². The first kappa shape index (κ1) is 10.4. The Morgan fingerprint density at radius 1 is 1.25 bits per heavy atom. The SMILES string of the molecule is COC(=O)C1(Cl)C(C)(C)C1(Cl)Cl. The topological polar surface area (TPSA) is 26.3 Å². The Balaban J connectivity index is 3.00. The van der Waals surface area contributed by atoms with Gasteiger partial charge >= 0.3 is 5.97 Å². The number of esters is 1. The first-order valence-electron chi connectivity index (χ1n) is 3.38. The molecule has 0 N–H and O–H groups in total. The number of halogens is 3. The van der Waals surface area contributed by atoms with E-state index in [1.54, 1.807) is 13.8 Å². The largest absolute Gasteiger partial charge is 0.468 e. The zero-order valence-electron chi connectivity index (χ0n) is 6.95. The number of carbonyl (C=O) groups is 1. The average molecular weight is 232 g/mol. The molecule has 1 atom stereocenters. The van der Waals surface area contributed by atoms with E-state index in [0.29, 0.717) is 0 Å². The lowest BCUT2D eigenvalue weighted by Gasteiger charge is -2.07. The minimum absolute atomic E-state index is 0.584. The summed E-state index contributed by atoms with van der Waals surface area (Å²) in [6, 6.07) is 0. The van der Waals surface area contributed by atoms with Gasteiger partial charge < -0.3 is 4.74 Å². The van der Waals surface area contributed by atoms with Crippen LogP contribution >= 0.6 is 34.8 Å². The summed E-state index contributed by atoms with van der Waals surface area (Å²) in [5, 5.41) is 0. The Labute approximate surface area is 86.1 Å². The molecule has 0 aliphatic heterocycles. The van der Waals surface area contributed by atoms with Crippen molar-refractivity contribution in [1.29, 1.82) is 0 Å². The molecule has 0 heterocycles. The minimum Gasteiger partial charge on any atom is -0.468 e. The second-order valence-corrected chi connectivity index (χ2v) is 5.24. The van der Waals surface area contributed by atoms with E-state index in [4.69, 9.17) is 34.8 Å². The molecule has 12 heavy (non-hydrogen) atoms. The average Bonchev–Trinajstić information content (AvgIpc) is 2.28. The summed E-state index contributed by atoms with van der Waals surface area (Å²) in [7, 11) is 1.25. The summed E-state index contributed by atoms with van der Waals surface area (Å²) < 4.78 is 3.27. The van der Waals surface area contributed by atoms with Crippen LogP contribution < -0.4 is 0 Å². The molecule has 0 bridgehead atoms. The van der Waals surface area contributed by atoms with Gasteiger partial charge in [0.15, 0.2) is 9.21 Å². The maximum Gasteiger partial charge on any atom is 0.330 e. The molecule has 0 aromatic carbocycles.